The maximum atomic E-state index is 12.4. The number of carbonyl (C=O) groups excluding carboxylic acids is 1. The minimum Gasteiger partial charge on any atom is -0.387 e. The first-order chi connectivity index (χ1) is 8.22. The van der Waals surface area contributed by atoms with Crippen molar-refractivity contribution < 1.29 is 9.53 Å². The van der Waals surface area contributed by atoms with E-state index >= 15 is 0 Å². The van der Waals surface area contributed by atoms with E-state index in [0.717, 1.165) is 11.3 Å². The number of para-hydroxylation sites is 1. The summed E-state index contributed by atoms with van der Waals surface area (Å²) in [5.74, 6) is 0.0742. The third kappa shape index (κ3) is 2.58. The molecule has 4 heteroatoms. The second-order valence-corrected chi connectivity index (χ2v) is 4.23. The molecular weight excluding hydrogens is 216 g/mol. The fourth-order valence-corrected chi connectivity index (χ4v) is 2.06. The van der Waals surface area contributed by atoms with Crippen molar-refractivity contribution in [2.24, 2.45) is 0 Å². The molecule has 1 fully saturated rings. The zero-order valence-corrected chi connectivity index (χ0v) is 10.3. The lowest BCUT2D eigenvalue weighted by molar-refractivity contribution is -0.0123. The number of hydrogen-bond donors (Lipinski definition) is 1. The predicted octanol–water partition coefficient (Wildman–Crippen LogP) is 1.59. The van der Waals surface area contributed by atoms with Crippen molar-refractivity contribution in [2.75, 3.05) is 32.1 Å². The average Bonchev–Trinajstić information content (AvgIpc) is 2.38. The summed E-state index contributed by atoms with van der Waals surface area (Å²) in [7, 11) is 1.83. The molecular formula is C13H18N2O2. The Balaban J connectivity index is 2.18. The molecule has 0 spiro atoms. The molecule has 0 radical (unpaired) electrons. The van der Waals surface area contributed by atoms with Crippen molar-refractivity contribution in [1.82, 2.24) is 4.90 Å². The van der Waals surface area contributed by atoms with E-state index in [1.165, 1.54) is 0 Å². The molecule has 1 heterocycles. The number of hydrogen-bond acceptors (Lipinski definition) is 3. The lowest BCUT2D eigenvalue weighted by Crippen LogP contribution is -2.44. The fraction of sp³-hybridized carbons (Fsp3) is 0.462. The maximum Gasteiger partial charge on any atom is 0.256 e. The highest BCUT2D eigenvalue weighted by Crippen LogP contribution is 2.18. The summed E-state index contributed by atoms with van der Waals surface area (Å²) in [6.45, 7) is 3.94. The summed E-state index contributed by atoms with van der Waals surface area (Å²) in [6.07, 6.45) is 0.120. The molecule has 1 aliphatic heterocycles. The summed E-state index contributed by atoms with van der Waals surface area (Å²) < 4.78 is 5.44. The molecule has 0 aliphatic carbocycles. The number of morpholine rings is 1. The Morgan fingerprint density at radius 3 is 2.94 bits per heavy atom. The summed E-state index contributed by atoms with van der Waals surface area (Å²) in [5.41, 5.74) is 1.60. The summed E-state index contributed by atoms with van der Waals surface area (Å²) in [6, 6.07) is 7.58. The average molecular weight is 234 g/mol. The van der Waals surface area contributed by atoms with Gasteiger partial charge in [0, 0.05) is 25.8 Å². The van der Waals surface area contributed by atoms with Gasteiger partial charge in [0.2, 0.25) is 0 Å². The molecule has 1 atom stereocenters. The number of anilines is 1. The molecule has 4 nitrogen and oxygen atoms in total. The van der Waals surface area contributed by atoms with Crippen LogP contribution in [-0.4, -0.2) is 43.7 Å². The standard InChI is InChI=1S/C13H18N2O2/c1-10-9-15(7-8-17-10)13(16)11-5-3-4-6-12(11)14-2/h3-6,10,14H,7-9H2,1-2H3. The first kappa shape index (κ1) is 11.9. The normalized spacial score (nSPS) is 20.1. The Bertz CT molecular complexity index is 406. The lowest BCUT2D eigenvalue weighted by Gasteiger charge is -2.31. The van der Waals surface area contributed by atoms with Crippen LogP contribution < -0.4 is 5.32 Å². The molecule has 1 N–H and O–H groups in total. The topological polar surface area (TPSA) is 41.6 Å². The Hall–Kier alpha value is -1.55. The van der Waals surface area contributed by atoms with Crippen LogP contribution in [0.25, 0.3) is 0 Å². The second kappa shape index (κ2) is 5.19. The van der Waals surface area contributed by atoms with Crippen LogP contribution in [0.1, 0.15) is 17.3 Å². The predicted molar refractivity (Wildman–Crippen MR) is 67.3 cm³/mol. The van der Waals surface area contributed by atoms with Gasteiger partial charge >= 0.3 is 0 Å². The number of carbonyl (C=O) groups is 1. The zero-order chi connectivity index (χ0) is 12.3. The van der Waals surface area contributed by atoms with Crippen molar-refractivity contribution in [3.05, 3.63) is 29.8 Å². The molecule has 1 aromatic rings. The van der Waals surface area contributed by atoms with Crippen LogP contribution in [0, 0.1) is 0 Å². The first-order valence-electron chi connectivity index (χ1n) is 5.90. The van der Waals surface area contributed by atoms with Gasteiger partial charge in [-0.3, -0.25) is 4.79 Å². The highest BCUT2D eigenvalue weighted by Gasteiger charge is 2.23. The van der Waals surface area contributed by atoms with Gasteiger partial charge in [0.1, 0.15) is 0 Å². The third-order valence-corrected chi connectivity index (χ3v) is 2.96. The molecule has 1 unspecified atom stereocenters. The number of benzene rings is 1. The van der Waals surface area contributed by atoms with Crippen LogP contribution in [0.4, 0.5) is 5.69 Å². The molecule has 1 amide bonds. The number of ether oxygens (including phenoxy) is 1. The van der Waals surface area contributed by atoms with E-state index in [4.69, 9.17) is 4.74 Å². The van der Waals surface area contributed by atoms with E-state index in [1.54, 1.807) is 0 Å². The second-order valence-electron chi connectivity index (χ2n) is 4.23. The van der Waals surface area contributed by atoms with Crippen LogP contribution in [0.3, 0.4) is 0 Å². The Kier molecular flexibility index (Phi) is 3.64. The largest absolute Gasteiger partial charge is 0.387 e. The van der Waals surface area contributed by atoms with Crippen LogP contribution in [0.2, 0.25) is 0 Å². The van der Waals surface area contributed by atoms with Crippen molar-refractivity contribution in [2.45, 2.75) is 13.0 Å². The minimum atomic E-state index is 0.0742. The molecule has 1 saturated heterocycles. The Morgan fingerprint density at radius 1 is 1.47 bits per heavy atom. The quantitative estimate of drug-likeness (QED) is 0.845. The smallest absolute Gasteiger partial charge is 0.256 e. The third-order valence-electron chi connectivity index (χ3n) is 2.96. The van der Waals surface area contributed by atoms with E-state index in [2.05, 4.69) is 5.32 Å². The van der Waals surface area contributed by atoms with Crippen LogP contribution in [0.15, 0.2) is 24.3 Å². The van der Waals surface area contributed by atoms with Crippen LogP contribution >= 0.6 is 0 Å². The van der Waals surface area contributed by atoms with Crippen molar-refractivity contribution in [3.63, 3.8) is 0 Å². The SMILES string of the molecule is CNc1ccccc1C(=O)N1CCOC(C)C1. The molecule has 92 valence electrons. The highest BCUT2D eigenvalue weighted by atomic mass is 16.5. The van der Waals surface area contributed by atoms with Crippen molar-refractivity contribution in [1.29, 1.82) is 0 Å². The van der Waals surface area contributed by atoms with E-state index < -0.39 is 0 Å². The summed E-state index contributed by atoms with van der Waals surface area (Å²) in [5, 5.41) is 3.05. The molecule has 17 heavy (non-hydrogen) atoms. The van der Waals surface area contributed by atoms with Crippen LogP contribution in [-0.2, 0) is 4.74 Å². The molecule has 1 aromatic carbocycles. The van der Waals surface area contributed by atoms with Gasteiger partial charge in [-0.25, -0.2) is 0 Å². The first-order valence-corrected chi connectivity index (χ1v) is 5.90. The van der Waals surface area contributed by atoms with Gasteiger partial charge in [-0.05, 0) is 19.1 Å². The van der Waals surface area contributed by atoms with E-state index in [-0.39, 0.29) is 12.0 Å². The van der Waals surface area contributed by atoms with Gasteiger partial charge < -0.3 is 15.0 Å². The van der Waals surface area contributed by atoms with E-state index in [1.807, 2.05) is 43.1 Å². The van der Waals surface area contributed by atoms with Crippen LogP contribution in [0.5, 0.6) is 0 Å². The number of rotatable bonds is 2. The molecule has 1 aliphatic rings. The van der Waals surface area contributed by atoms with Gasteiger partial charge in [-0.1, -0.05) is 12.1 Å². The molecule has 0 saturated carbocycles. The molecule has 0 bridgehead atoms. The maximum absolute atomic E-state index is 12.4. The molecule has 2 rings (SSSR count). The molecule has 0 aromatic heterocycles. The number of nitrogens with zero attached hydrogens (tertiary/aromatic N) is 1. The summed E-state index contributed by atoms with van der Waals surface area (Å²) in [4.78, 5) is 14.2. The fourth-order valence-electron chi connectivity index (χ4n) is 2.06. The zero-order valence-electron chi connectivity index (χ0n) is 10.3. The highest BCUT2D eigenvalue weighted by molar-refractivity contribution is 5.99. The van der Waals surface area contributed by atoms with Crippen molar-refractivity contribution in [3.8, 4) is 0 Å². The summed E-state index contributed by atoms with van der Waals surface area (Å²) >= 11 is 0. The lowest BCUT2D eigenvalue weighted by atomic mass is 10.1. The van der Waals surface area contributed by atoms with E-state index in [0.29, 0.717) is 19.7 Å². The van der Waals surface area contributed by atoms with Gasteiger partial charge in [0.05, 0.1) is 18.3 Å². The minimum absolute atomic E-state index is 0.0742. The van der Waals surface area contributed by atoms with Crippen molar-refractivity contribution >= 4 is 11.6 Å². The van der Waals surface area contributed by atoms with Gasteiger partial charge in [0.15, 0.2) is 0 Å². The van der Waals surface area contributed by atoms with E-state index in [9.17, 15) is 4.79 Å². The monoisotopic (exact) mass is 234 g/mol. The Labute approximate surface area is 102 Å². The van der Waals surface area contributed by atoms with Gasteiger partial charge in [-0.15, -0.1) is 0 Å². The van der Waals surface area contributed by atoms with Gasteiger partial charge in [0.25, 0.3) is 5.91 Å². The Morgan fingerprint density at radius 2 is 2.24 bits per heavy atom. The number of nitrogens with one attached hydrogen (secondary N) is 1. The number of amides is 1. The van der Waals surface area contributed by atoms with Gasteiger partial charge in [-0.2, -0.15) is 0 Å².